The first-order valence-electron chi connectivity index (χ1n) is 8.85. The highest BCUT2D eigenvalue weighted by molar-refractivity contribution is 5.89. The molecule has 0 fully saturated rings. The molecule has 0 unspecified atom stereocenters. The summed E-state index contributed by atoms with van der Waals surface area (Å²) >= 11 is 0. The Balaban J connectivity index is 1.36. The number of hydrogen-bond donors (Lipinski definition) is 1. The van der Waals surface area contributed by atoms with Gasteiger partial charge >= 0.3 is 11.8 Å². The molecule has 0 spiro atoms. The SMILES string of the molecule is CNC(=O)c1nc(CN2CCc3onc(-c4ccc5c(c4)OCO5)c3C2)no1. The first-order chi connectivity index (χ1) is 13.7. The normalized spacial score (nSPS) is 15.5. The van der Waals surface area contributed by atoms with Crippen molar-refractivity contribution in [2.45, 2.75) is 19.5 Å². The summed E-state index contributed by atoms with van der Waals surface area (Å²) in [7, 11) is 1.52. The van der Waals surface area contributed by atoms with Gasteiger partial charge < -0.3 is 23.8 Å². The van der Waals surface area contributed by atoms with Crippen LogP contribution in [0.15, 0.2) is 27.2 Å². The molecule has 0 saturated carbocycles. The molecule has 2 aliphatic rings. The average molecular weight is 383 g/mol. The van der Waals surface area contributed by atoms with E-state index >= 15 is 0 Å². The number of nitrogens with zero attached hydrogens (tertiary/aromatic N) is 4. The molecule has 10 nitrogen and oxygen atoms in total. The molecule has 2 aromatic heterocycles. The Morgan fingerprint density at radius 2 is 2.11 bits per heavy atom. The molecule has 2 aliphatic heterocycles. The fraction of sp³-hybridized carbons (Fsp3) is 0.333. The predicted octanol–water partition coefficient (Wildman–Crippen LogP) is 1.37. The van der Waals surface area contributed by atoms with Crippen LogP contribution in [0.4, 0.5) is 0 Å². The lowest BCUT2D eigenvalue weighted by Crippen LogP contribution is -2.30. The maximum absolute atomic E-state index is 11.6. The van der Waals surface area contributed by atoms with Crippen LogP contribution in [-0.2, 0) is 19.5 Å². The summed E-state index contributed by atoms with van der Waals surface area (Å²) in [5.74, 6) is 2.33. The summed E-state index contributed by atoms with van der Waals surface area (Å²) in [5.41, 5.74) is 2.73. The number of carbonyl (C=O) groups excluding carboxylic acids is 1. The topological polar surface area (TPSA) is 116 Å². The van der Waals surface area contributed by atoms with Gasteiger partial charge in [-0.2, -0.15) is 4.98 Å². The molecule has 5 rings (SSSR count). The van der Waals surface area contributed by atoms with Gasteiger partial charge in [0.05, 0.1) is 6.54 Å². The molecule has 1 N–H and O–H groups in total. The molecule has 0 radical (unpaired) electrons. The van der Waals surface area contributed by atoms with Crippen LogP contribution < -0.4 is 14.8 Å². The van der Waals surface area contributed by atoms with Gasteiger partial charge in [0, 0.05) is 37.7 Å². The number of aromatic nitrogens is 3. The highest BCUT2D eigenvalue weighted by Crippen LogP contribution is 2.38. The quantitative estimate of drug-likeness (QED) is 0.713. The van der Waals surface area contributed by atoms with Crippen molar-refractivity contribution in [2.75, 3.05) is 20.4 Å². The van der Waals surface area contributed by atoms with E-state index in [2.05, 4.69) is 25.5 Å². The third-order valence-electron chi connectivity index (χ3n) is 4.81. The lowest BCUT2D eigenvalue weighted by molar-refractivity contribution is 0.0919. The van der Waals surface area contributed by atoms with E-state index in [1.807, 2.05) is 18.2 Å². The zero-order valence-electron chi connectivity index (χ0n) is 15.1. The highest BCUT2D eigenvalue weighted by atomic mass is 16.7. The number of ether oxygens (including phenoxy) is 2. The van der Waals surface area contributed by atoms with Gasteiger partial charge in [-0.15, -0.1) is 0 Å². The van der Waals surface area contributed by atoms with Gasteiger partial charge in [0.1, 0.15) is 11.5 Å². The molecule has 144 valence electrons. The molecule has 4 heterocycles. The lowest BCUT2D eigenvalue weighted by Gasteiger charge is -2.24. The Kier molecular flexibility index (Phi) is 3.97. The van der Waals surface area contributed by atoms with Gasteiger partial charge in [0.2, 0.25) is 6.79 Å². The van der Waals surface area contributed by atoms with Crippen LogP contribution in [0, 0.1) is 0 Å². The van der Waals surface area contributed by atoms with E-state index in [-0.39, 0.29) is 12.7 Å². The fourth-order valence-corrected chi connectivity index (χ4v) is 3.39. The van der Waals surface area contributed by atoms with Crippen LogP contribution in [-0.4, -0.2) is 46.5 Å². The van der Waals surface area contributed by atoms with Crippen molar-refractivity contribution in [1.82, 2.24) is 25.5 Å². The molecule has 1 amide bonds. The summed E-state index contributed by atoms with van der Waals surface area (Å²) in [4.78, 5) is 17.9. The van der Waals surface area contributed by atoms with Crippen molar-refractivity contribution in [3.05, 3.63) is 41.2 Å². The second kappa shape index (κ2) is 6.64. The highest BCUT2D eigenvalue weighted by Gasteiger charge is 2.27. The second-order valence-electron chi connectivity index (χ2n) is 6.56. The summed E-state index contributed by atoms with van der Waals surface area (Å²) in [6.07, 6.45) is 0.729. The molecule has 1 aromatic carbocycles. The number of fused-ring (bicyclic) bond motifs is 2. The van der Waals surface area contributed by atoms with E-state index < -0.39 is 5.91 Å². The van der Waals surface area contributed by atoms with Crippen LogP contribution >= 0.6 is 0 Å². The maximum atomic E-state index is 11.6. The minimum atomic E-state index is -0.399. The Hall–Kier alpha value is -3.40. The third-order valence-corrected chi connectivity index (χ3v) is 4.81. The molecule has 0 aliphatic carbocycles. The molecular weight excluding hydrogens is 366 g/mol. The number of benzene rings is 1. The van der Waals surface area contributed by atoms with E-state index in [1.165, 1.54) is 7.05 Å². The van der Waals surface area contributed by atoms with E-state index in [0.717, 1.165) is 41.3 Å². The van der Waals surface area contributed by atoms with E-state index in [1.54, 1.807) is 0 Å². The summed E-state index contributed by atoms with van der Waals surface area (Å²) in [6.45, 7) is 2.09. The Morgan fingerprint density at radius 3 is 3.00 bits per heavy atom. The smallest absolute Gasteiger partial charge is 0.315 e. The van der Waals surface area contributed by atoms with Crippen LogP contribution in [0.2, 0.25) is 0 Å². The monoisotopic (exact) mass is 383 g/mol. The third kappa shape index (κ3) is 2.87. The number of amides is 1. The molecule has 28 heavy (non-hydrogen) atoms. The van der Waals surface area contributed by atoms with Gasteiger partial charge in [-0.3, -0.25) is 9.69 Å². The summed E-state index contributed by atoms with van der Waals surface area (Å²) in [6, 6.07) is 5.73. The fourth-order valence-electron chi connectivity index (χ4n) is 3.39. The van der Waals surface area contributed by atoms with Crippen LogP contribution in [0.3, 0.4) is 0 Å². The lowest BCUT2D eigenvalue weighted by atomic mass is 10.0. The van der Waals surface area contributed by atoms with Crippen molar-refractivity contribution in [2.24, 2.45) is 0 Å². The van der Waals surface area contributed by atoms with Gasteiger partial charge in [-0.05, 0) is 18.2 Å². The number of carbonyl (C=O) groups is 1. The Bertz CT molecular complexity index is 1040. The second-order valence-corrected chi connectivity index (χ2v) is 6.56. The molecule has 3 aromatic rings. The van der Waals surface area contributed by atoms with Crippen molar-refractivity contribution in [3.63, 3.8) is 0 Å². The number of rotatable bonds is 4. The zero-order valence-corrected chi connectivity index (χ0v) is 15.1. The van der Waals surface area contributed by atoms with Crippen LogP contribution in [0.1, 0.15) is 27.8 Å². The minimum Gasteiger partial charge on any atom is -0.454 e. The van der Waals surface area contributed by atoms with Gasteiger partial charge in [0.25, 0.3) is 0 Å². The van der Waals surface area contributed by atoms with E-state index in [0.29, 0.717) is 24.7 Å². The summed E-state index contributed by atoms with van der Waals surface area (Å²) < 4.78 is 21.4. The minimum absolute atomic E-state index is 0.0405. The van der Waals surface area contributed by atoms with Crippen molar-refractivity contribution < 1.29 is 23.3 Å². The van der Waals surface area contributed by atoms with E-state index in [4.69, 9.17) is 18.5 Å². The van der Waals surface area contributed by atoms with Crippen LogP contribution in [0.5, 0.6) is 11.5 Å². The van der Waals surface area contributed by atoms with Crippen molar-refractivity contribution in [3.8, 4) is 22.8 Å². The van der Waals surface area contributed by atoms with Crippen molar-refractivity contribution >= 4 is 5.91 Å². The van der Waals surface area contributed by atoms with Crippen molar-refractivity contribution in [1.29, 1.82) is 0 Å². The molecule has 0 saturated heterocycles. The zero-order chi connectivity index (χ0) is 19.1. The van der Waals surface area contributed by atoms with Gasteiger partial charge in [0.15, 0.2) is 17.3 Å². The largest absolute Gasteiger partial charge is 0.454 e. The maximum Gasteiger partial charge on any atom is 0.315 e. The summed E-state index contributed by atoms with van der Waals surface area (Å²) in [5, 5.41) is 10.6. The Morgan fingerprint density at radius 1 is 1.21 bits per heavy atom. The van der Waals surface area contributed by atoms with E-state index in [9.17, 15) is 4.79 Å². The number of hydrogen-bond acceptors (Lipinski definition) is 9. The standard InChI is InChI=1S/C18H17N5O5/c1-19-17(24)18-20-15(21-28-18)8-23-5-4-12-11(7-23)16(22-27-12)10-2-3-13-14(6-10)26-9-25-13/h2-3,6H,4-5,7-9H2,1H3,(H,19,24). The number of nitrogens with one attached hydrogen (secondary N) is 1. The molecule has 0 atom stereocenters. The average Bonchev–Trinajstić information content (AvgIpc) is 3.45. The van der Waals surface area contributed by atoms with Crippen LogP contribution in [0.25, 0.3) is 11.3 Å². The predicted molar refractivity (Wildman–Crippen MR) is 93.6 cm³/mol. The first kappa shape index (κ1) is 16.8. The molecule has 10 heteroatoms. The van der Waals surface area contributed by atoms with Gasteiger partial charge in [-0.25, -0.2) is 0 Å². The van der Waals surface area contributed by atoms with Gasteiger partial charge in [-0.1, -0.05) is 10.3 Å². The molecule has 0 bridgehead atoms. The molecular formula is C18H17N5O5. The first-order valence-corrected chi connectivity index (χ1v) is 8.85. The Labute approximate surface area is 159 Å².